The van der Waals surface area contributed by atoms with Crippen LogP contribution in [0.5, 0.6) is 5.75 Å². The van der Waals surface area contributed by atoms with Crippen molar-refractivity contribution in [3.63, 3.8) is 0 Å². The molecule has 0 aliphatic heterocycles. The van der Waals surface area contributed by atoms with Crippen LogP contribution in [0.3, 0.4) is 0 Å². The molecule has 0 radical (unpaired) electrons. The van der Waals surface area contributed by atoms with Crippen molar-refractivity contribution in [1.82, 2.24) is 0 Å². The van der Waals surface area contributed by atoms with Gasteiger partial charge in [0.1, 0.15) is 5.75 Å². The normalized spacial score (nSPS) is 11.5. The zero-order valence-corrected chi connectivity index (χ0v) is 14.9. The Hall–Kier alpha value is -2.90. The fraction of sp³-hybridized carbons (Fsp3) is 0.444. The van der Waals surface area contributed by atoms with E-state index in [-0.39, 0.29) is 30.0 Å². The summed E-state index contributed by atoms with van der Waals surface area (Å²) in [5.74, 6) is -2.62. The summed E-state index contributed by atoms with van der Waals surface area (Å²) in [6.07, 6.45) is 2.84. The second-order valence-electron chi connectivity index (χ2n) is 5.56. The summed E-state index contributed by atoms with van der Waals surface area (Å²) in [5.41, 5.74) is -0.438. The van der Waals surface area contributed by atoms with Gasteiger partial charge < -0.3 is 14.6 Å². The van der Waals surface area contributed by atoms with Crippen molar-refractivity contribution < 1.29 is 29.1 Å². The minimum Gasteiger partial charge on any atom is -0.478 e. The summed E-state index contributed by atoms with van der Waals surface area (Å²) >= 11 is 0. The highest BCUT2D eigenvalue weighted by Gasteiger charge is 2.25. The van der Waals surface area contributed by atoms with E-state index in [0.717, 1.165) is 18.9 Å². The van der Waals surface area contributed by atoms with E-state index in [4.69, 9.17) is 9.47 Å². The van der Waals surface area contributed by atoms with Crippen molar-refractivity contribution >= 4 is 17.6 Å². The maximum absolute atomic E-state index is 12.3. The second kappa shape index (κ2) is 10.9. The van der Waals surface area contributed by atoms with Crippen LogP contribution in [0.15, 0.2) is 35.6 Å². The highest BCUT2D eigenvalue weighted by atomic mass is 16.6. The number of non-ortho nitro benzene ring substituents is 1. The number of carboxylic acids is 1. The molecule has 0 aliphatic rings. The van der Waals surface area contributed by atoms with Gasteiger partial charge >= 0.3 is 11.9 Å². The largest absolute Gasteiger partial charge is 0.478 e. The number of nitrogens with zero attached hydrogens (tertiary/aromatic N) is 1. The number of rotatable bonds is 11. The Labute approximate surface area is 151 Å². The molecule has 0 spiro atoms. The lowest BCUT2D eigenvalue weighted by molar-refractivity contribution is -0.384. The molecule has 0 atom stereocenters. The Morgan fingerprint density at radius 3 is 2.46 bits per heavy atom. The maximum atomic E-state index is 12.3. The quantitative estimate of drug-likeness (QED) is 0.158. The molecule has 1 aromatic rings. The molecule has 0 heterocycles. The lowest BCUT2D eigenvalue weighted by Crippen LogP contribution is -2.19. The molecule has 0 saturated carbocycles. The fourth-order valence-electron chi connectivity index (χ4n) is 2.05. The molecule has 0 amide bonds. The maximum Gasteiger partial charge on any atom is 0.374 e. The molecule has 1 rings (SSSR count). The number of aliphatic carboxylic acids is 1. The van der Waals surface area contributed by atoms with Crippen LogP contribution in [0.4, 0.5) is 5.69 Å². The van der Waals surface area contributed by atoms with Gasteiger partial charge in [-0.25, -0.2) is 9.59 Å². The summed E-state index contributed by atoms with van der Waals surface area (Å²) < 4.78 is 10.5. The van der Waals surface area contributed by atoms with Crippen LogP contribution < -0.4 is 4.74 Å². The molecule has 0 unspecified atom stereocenters. The van der Waals surface area contributed by atoms with Crippen LogP contribution in [-0.2, 0) is 14.3 Å². The van der Waals surface area contributed by atoms with Crippen LogP contribution in [0, 0.1) is 10.1 Å². The Kier molecular flexibility index (Phi) is 8.83. The van der Waals surface area contributed by atoms with E-state index in [1.807, 2.05) is 13.8 Å². The van der Waals surface area contributed by atoms with Gasteiger partial charge in [0.25, 0.3) is 5.69 Å². The predicted molar refractivity (Wildman–Crippen MR) is 93.8 cm³/mol. The van der Waals surface area contributed by atoms with E-state index in [9.17, 15) is 24.8 Å². The first-order chi connectivity index (χ1) is 12.4. The van der Waals surface area contributed by atoms with Gasteiger partial charge in [0.15, 0.2) is 0 Å². The lowest BCUT2D eigenvalue weighted by Gasteiger charge is -2.13. The van der Waals surface area contributed by atoms with Crippen molar-refractivity contribution in [1.29, 1.82) is 0 Å². The van der Waals surface area contributed by atoms with Crippen molar-refractivity contribution in [2.24, 2.45) is 0 Å². The molecule has 0 aliphatic carbocycles. The number of carbonyl (C=O) groups excluding carboxylic acids is 1. The number of benzene rings is 1. The predicted octanol–water partition coefficient (Wildman–Crippen LogP) is 3.85. The SMILES string of the molecule is CCCCOC(=O)C(Oc1cccc([N+](=O)[O-])c1)=C(CCCC)C(=O)O. The number of nitro benzene ring substituents is 1. The average molecular weight is 365 g/mol. The Bertz CT molecular complexity index is 682. The number of carbonyl (C=O) groups is 2. The van der Waals surface area contributed by atoms with Crippen molar-refractivity contribution in [2.45, 2.75) is 46.0 Å². The number of nitro groups is 1. The minimum atomic E-state index is -1.29. The topological polar surface area (TPSA) is 116 Å². The van der Waals surface area contributed by atoms with E-state index in [1.54, 1.807) is 0 Å². The van der Waals surface area contributed by atoms with Crippen LogP contribution in [0.25, 0.3) is 0 Å². The highest BCUT2D eigenvalue weighted by Crippen LogP contribution is 2.24. The fourth-order valence-corrected chi connectivity index (χ4v) is 2.05. The van der Waals surface area contributed by atoms with Crippen LogP contribution in [-0.4, -0.2) is 28.6 Å². The van der Waals surface area contributed by atoms with E-state index in [0.29, 0.717) is 12.8 Å². The monoisotopic (exact) mass is 365 g/mol. The molecule has 0 saturated heterocycles. The zero-order valence-electron chi connectivity index (χ0n) is 14.9. The van der Waals surface area contributed by atoms with Gasteiger partial charge in [0, 0.05) is 6.07 Å². The minimum absolute atomic E-state index is 0.00288. The smallest absolute Gasteiger partial charge is 0.374 e. The number of ether oxygens (including phenoxy) is 2. The Morgan fingerprint density at radius 2 is 1.88 bits per heavy atom. The van der Waals surface area contributed by atoms with Gasteiger partial charge in [-0.1, -0.05) is 32.8 Å². The van der Waals surface area contributed by atoms with Crippen molar-refractivity contribution in [3.05, 3.63) is 45.7 Å². The first-order valence-electron chi connectivity index (χ1n) is 8.46. The lowest BCUT2D eigenvalue weighted by atomic mass is 10.1. The van der Waals surface area contributed by atoms with Gasteiger partial charge in [-0.15, -0.1) is 0 Å². The third kappa shape index (κ3) is 6.54. The number of unbranched alkanes of at least 4 members (excludes halogenated alkanes) is 2. The molecule has 8 heteroatoms. The standard InChI is InChI=1S/C18H23NO7/c1-3-5-10-15(17(20)21)16(18(22)25-11-6-4-2)26-14-9-7-8-13(12-14)19(23)24/h7-9,12H,3-6,10-11H2,1-2H3,(H,20,21). The van der Waals surface area contributed by atoms with Gasteiger partial charge in [-0.3, -0.25) is 10.1 Å². The molecular weight excluding hydrogens is 342 g/mol. The van der Waals surface area contributed by atoms with Crippen molar-refractivity contribution in [3.8, 4) is 5.75 Å². The Morgan fingerprint density at radius 1 is 1.19 bits per heavy atom. The van der Waals surface area contributed by atoms with Gasteiger partial charge in [0.2, 0.25) is 5.76 Å². The van der Waals surface area contributed by atoms with Gasteiger partial charge in [-0.05, 0) is 25.3 Å². The van der Waals surface area contributed by atoms with Crippen LogP contribution >= 0.6 is 0 Å². The third-order valence-corrected chi connectivity index (χ3v) is 3.48. The first-order valence-corrected chi connectivity index (χ1v) is 8.46. The molecule has 142 valence electrons. The zero-order chi connectivity index (χ0) is 19.5. The summed E-state index contributed by atoms with van der Waals surface area (Å²) in [5, 5.41) is 20.3. The first kappa shape index (κ1) is 21.1. The summed E-state index contributed by atoms with van der Waals surface area (Å²) in [7, 11) is 0. The molecule has 0 bridgehead atoms. The summed E-state index contributed by atoms with van der Waals surface area (Å²) in [6.45, 7) is 3.95. The summed E-state index contributed by atoms with van der Waals surface area (Å²) in [6, 6.07) is 5.19. The van der Waals surface area contributed by atoms with E-state index in [2.05, 4.69) is 0 Å². The molecule has 0 fully saturated rings. The number of hydrogen-bond donors (Lipinski definition) is 1. The Balaban J connectivity index is 3.21. The van der Waals surface area contributed by atoms with E-state index >= 15 is 0 Å². The van der Waals surface area contributed by atoms with Crippen molar-refractivity contribution in [2.75, 3.05) is 6.61 Å². The highest BCUT2D eigenvalue weighted by molar-refractivity contribution is 5.98. The molecular formula is C18H23NO7. The van der Waals surface area contributed by atoms with Crippen LogP contribution in [0.2, 0.25) is 0 Å². The van der Waals surface area contributed by atoms with Gasteiger partial charge in [0.05, 0.1) is 23.2 Å². The second-order valence-corrected chi connectivity index (χ2v) is 5.56. The number of carboxylic acid groups (broad SMARTS) is 1. The number of hydrogen-bond acceptors (Lipinski definition) is 6. The summed E-state index contributed by atoms with van der Waals surface area (Å²) in [4.78, 5) is 34.2. The third-order valence-electron chi connectivity index (χ3n) is 3.48. The molecule has 1 aromatic carbocycles. The molecule has 1 N–H and O–H groups in total. The molecule has 8 nitrogen and oxygen atoms in total. The molecule has 0 aromatic heterocycles. The van der Waals surface area contributed by atoms with Gasteiger partial charge in [-0.2, -0.15) is 0 Å². The molecule has 26 heavy (non-hydrogen) atoms. The number of esters is 1. The van der Waals surface area contributed by atoms with E-state index in [1.165, 1.54) is 18.2 Å². The van der Waals surface area contributed by atoms with Crippen LogP contribution in [0.1, 0.15) is 46.0 Å². The van der Waals surface area contributed by atoms with E-state index < -0.39 is 22.6 Å². The average Bonchev–Trinajstić information content (AvgIpc) is 2.61.